The Bertz CT molecular complexity index is 1260. The average molecular weight is 507 g/mol. The molecule has 14 nitrogen and oxygen atoms in total. The fraction of sp³-hybridized carbons (Fsp3) is 0.450. The molecule has 15 heteroatoms. The monoisotopic (exact) mass is 507 g/mol. The van der Waals surface area contributed by atoms with Gasteiger partial charge in [-0.3, -0.25) is 23.7 Å². The van der Waals surface area contributed by atoms with Crippen molar-refractivity contribution >= 4 is 13.7 Å². The van der Waals surface area contributed by atoms with E-state index in [1.807, 2.05) is 6.07 Å². The number of aromatic amines is 1. The summed E-state index contributed by atoms with van der Waals surface area (Å²) in [5.74, 6) is -0.510. The summed E-state index contributed by atoms with van der Waals surface area (Å²) in [6, 6.07) is 7.04. The summed E-state index contributed by atoms with van der Waals surface area (Å²) in [6.07, 6.45) is -0.346. The molecule has 0 bridgehead atoms. The third-order valence-corrected chi connectivity index (χ3v) is 6.58. The van der Waals surface area contributed by atoms with Crippen LogP contribution in [-0.4, -0.2) is 52.2 Å². The molecule has 1 fully saturated rings. The molecule has 1 saturated heterocycles. The zero-order valence-corrected chi connectivity index (χ0v) is 19.9. The lowest BCUT2D eigenvalue weighted by Crippen LogP contribution is -2.43. The smallest absolute Gasteiger partial charge is 0.358 e. The number of nitrogens with zero attached hydrogens (tertiary/aromatic N) is 4. The molecule has 0 aliphatic carbocycles. The first-order valence-electron chi connectivity index (χ1n) is 10.7. The topological polar surface area (TPSA) is 201 Å². The Labute approximate surface area is 199 Å². The molecule has 5 atom stereocenters. The number of H-pyrrole nitrogens is 1. The summed E-state index contributed by atoms with van der Waals surface area (Å²) in [6.45, 7) is 1.05. The van der Waals surface area contributed by atoms with Gasteiger partial charge in [-0.2, -0.15) is 0 Å². The lowest BCUT2D eigenvalue weighted by Gasteiger charge is -2.23. The van der Waals surface area contributed by atoms with Crippen LogP contribution in [0.5, 0.6) is 0 Å². The molecule has 3 unspecified atom stereocenters. The van der Waals surface area contributed by atoms with Crippen molar-refractivity contribution in [2.24, 2.45) is 5.11 Å². The van der Waals surface area contributed by atoms with Crippen LogP contribution in [0.4, 0.5) is 0 Å². The van der Waals surface area contributed by atoms with E-state index in [9.17, 15) is 23.8 Å². The van der Waals surface area contributed by atoms with Crippen LogP contribution < -0.4 is 21.7 Å². The summed E-state index contributed by atoms with van der Waals surface area (Å²) in [4.78, 5) is 51.4. The van der Waals surface area contributed by atoms with E-state index < -0.39 is 55.9 Å². The van der Waals surface area contributed by atoms with Crippen molar-refractivity contribution in [2.45, 2.75) is 44.2 Å². The molecule has 0 spiro atoms. The highest BCUT2D eigenvalue weighted by molar-refractivity contribution is 7.50. The molecule has 1 amide bonds. The van der Waals surface area contributed by atoms with Gasteiger partial charge in [-0.05, 0) is 24.4 Å². The second-order valence-corrected chi connectivity index (χ2v) is 9.47. The third kappa shape index (κ3) is 6.89. The van der Waals surface area contributed by atoms with Crippen molar-refractivity contribution in [1.29, 1.82) is 0 Å². The molecule has 2 aromatic rings. The lowest BCUT2D eigenvalue weighted by atomic mass is 10.1. The molecule has 4 N–H and O–H groups in total. The minimum atomic E-state index is -4.51. The molecule has 1 aromatic carbocycles. The molecule has 3 rings (SSSR count). The number of ether oxygens (including phenoxy) is 1. The van der Waals surface area contributed by atoms with Gasteiger partial charge >= 0.3 is 13.4 Å². The Morgan fingerprint density at radius 3 is 2.80 bits per heavy atom. The molecular weight excluding hydrogens is 481 g/mol. The maximum Gasteiger partial charge on any atom is 0.403 e. The van der Waals surface area contributed by atoms with Gasteiger partial charge in [0, 0.05) is 30.1 Å². The van der Waals surface area contributed by atoms with Crippen LogP contribution in [0.3, 0.4) is 0 Å². The van der Waals surface area contributed by atoms with Gasteiger partial charge in [-0.1, -0.05) is 35.4 Å². The number of azide groups is 1. The van der Waals surface area contributed by atoms with Crippen molar-refractivity contribution < 1.29 is 23.5 Å². The zero-order chi connectivity index (χ0) is 25.6. The highest BCUT2D eigenvalue weighted by Gasteiger charge is 2.38. The zero-order valence-electron chi connectivity index (χ0n) is 19.0. The first kappa shape index (κ1) is 26.4. The molecule has 188 valence electrons. The standard InChI is InChI=1S/C20H26N7O7P/c1-12-10-27(20(30)23-18(12)28)17-9-14(24-26-21)16(34-17)11-33-35(31,32)25-15(19(29)22-2)8-13-6-4-3-5-7-13/h3-7,10,14-17H,8-9,11H2,1-2H3,(H,22,29)(H,23,28,30)(H2,25,31,32)/t14?,15-,16+,17?/m0/s1. The van der Waals surface area contributed by atoms with E-state index in [0.29, 0.717) is 0 Å². The van der Waals surface area contributed by atoms with Crippen molar-refractivity contribution in [1.82, 2.24) is 20.0 Å². The fourth-order valence-electron chi connectivity index (χ4n) is 3.65. The quantitative estimate of drug-likeness (QED) is 0.157. The second-order valence-electron chi connectivity index (χ2n) is 7.92. The highest BCUT2D eigenvalue weighted by atomic mass is 31.2. The van der Waals surface area contributed by atoms with E-state index in [2.05, 4.69) is 25.4 Å². The van der Waals surface area contributed by atoms with Crippen LogP contribution in [0.1, 0.15) is 23.8 Å². The normalized spacial score (nSPS) is 22.1. The molecule has 0 saturated carbocycles. The van der Waals surface area contributed by atoms with Gasteiger partial charge < -0.3 is 14.9 Å². The summed E-state index contributed by atoms with van der Waals surface area (Å²) >= 11 is 0. The number of rotatable bonds is 10. The molecular formula is C20H26N7O7P. The van der Waals surface area contributed by atoms with Crippen LogP contribution >= 0.6 is 7.75 Å². The lowest BCUT2D eigenvalue weighted by molar-refractivity contribution is -0.122. The predicted octanol–water partition coefficient (Wildman–Crippen LogP) is 0.875. The number of aromatic nitrogens is 2. The number of aryl methyl sites for hydroxylation is 1. The van der Waals surface area contributed by atoms with Gasteiger partial charge in [0.05, 0.1) is 18.8 Å². The summed E-state index contributed by atoms with van der Waals surface area (Å²) in [7, 11) is -3.10. The van der Waals surface area contributed by atoms with Crippen molar-refractivity contribution in [3.8, 4) is 0 Å². The van der Waals surface area contributed by atoms with Crippen molar-refractivity contribution in [2.75, 3.05) is 13.7 Å². The molecule has 1 aliphatic heterocycles. The van der Waals surface area contributed by atoms with E-state index >= 15 is 0 Å². The predicted molar refractivity (Wildman–Crippen MR) is 124 cm³/mol. The Morgan fingerprint density at radius 2 is 2.14 bits per heavy atom. The van der Waals surface area contributed by atoms with Gasteiger partial charge in [0.1, 0.15) is 12.3 Å². The van der Waals surface area contributed by atoms with E-state index in [-0.39, 0.29) is 18.4 Å². The number of carbonyl (C=O) groups is 1. The summed E-state index contributed by atoms with van der Waals surface area (Å²) in [5, 5.41) is 8.43. The molecule has 1 aliphatic rings. The molecule has 0 radical (unpaired) electrons. The van der Waals surface area contributed by atoms with Gasteiger partial charge in [-0.25, -0.2) is 14.4 Å². The van der Waals surface area contributed by atoms with Crippen LogP contribution in [0.25, 0.3) is 10.4 Å². The average Bonchev–Trinajstić information content (AvgIpc) is 3.22. The van der Waals surface area contributed by atoms with Gasteiger partial charge in [0.25, 0.3) is 5.56 Å². The summed E-state index contributed by atoms with van der Waals surface area (Å²) in [5.41, 5.74) is 8.69. The van der Waals surface area contributed by atoms with Crippen molar-refractivity contribution in [3.05, 3.63) is 78.9 Å². The van der Waals surface area contributed by atoms with Crippen LogP contribution in [-0.2, 0) is 25.0 Å². The number of hydrogen-bond donors (Lipinski definition) is 4. The minimum absolute atomic E-state index is 0.0709. The Morgan fingerprint density at radius 1 is 1.43 bits per heavy atom. The van der Waals surface area contributed by atoms with E-state index in [1.54, 1.807) is 24.3 Å². The van der Waals surface area contributed by atoms with Crippen molar-refractivity contribution in [3.63, 3.8) is 0 Å². The second kappa shape index (κ2) is 11.5. The molecule has 1 aromatic heterocycles. The maximum atomic E-state index is 12.7. The highest BCUT2D eigenvalue weighted by Crippen LogP contribution is 2.40. The Kier molecular flexibility index (Phi) is 8.62. The molecule has 2 heterocycles. The number of amides is 1. The van der Waals surface area contributed by atoms with Crippen LogP contribution in [0.2, 0.25) is 0 Å². The third-order valence-electron chi connectivity index (χ3n) is 5.44. The van der Waals surface area contributed by atoms with E-state index in [4.69, 9.17) is 14.8 Å². The number of nitrogens with one attached hydrogen (secondary N) is 3. The van der Waals surface area contributed by atoms with Gasteiger partial charge in [-0.15, -0.1) is 0 Å². The summed E-state index contributed by atoms with van der Waals surface area (Å²) < 4.78 is 24.8. The number of likely N-dealkylation sites (N-methyl/N-ethyl adjacent to an activating group) is 1. The first-order valence-corrected chi connectivity index (χ1v) is 12.2. The Balaban J connectivity index is 1.70. The van der Waals surface area contributed by atoms with Gasteiger partial charge in [0.2, 0.25) is 5.91 Å². The molecule has 35 heavy (non-hydrogen) atoms. The fourth-order valence-corrected chi connectivity index (χ4v) is 4.68. The van der Waals surface area contributed by atoms with Crippen LogP contribution in [0, 0.1) is 6.92 Å². The first-order chi connectivity index (χ1) is 16.6. The Hall–Kier alpha value is -3.25. The van der Waals surface area contributed by atoms with E-state index in [0.717, 1.165) is 10.1 Å². The SMILES string of the molecule is CNC(=O)[C@H](Cc1ccccc1)NP(=O)(O)OC[C@H]1OC(n2cc(C)c(=O)[nH]c2=O)CC1N=[N+]=[N-]. The number of benzene rings is 1. The number of hydrogen-bond acceptors (Lipinski definition) is 7. The van der Waals surface area contributed by atoms with E-state index in [1.165, 1.54) is 20.2 Å². The van der Waals surface area contributed by atoms with Crippen LogP contribution in [0.15, 0.2) is 51.2 Å². The minimum Gasteiger partial charge on any atom is -0.358 e. The van der Waals surface area contributed by atoms with Gasteiger partial charge in [0.15, 0.2) is 0 Å². The maximum absolute atomic E-state index is 12.7. The largest absolute Gasteiger partial charge is 0.403 e. The number of carbonyl (C=O) groups excluding carboxylic acids is 1.